The van der Waals surface area contributed by atoms with Gasteiger partial charge in [0.05, 0.1) is 0 Å². The summed E-state index contributed by atoms with van der Waals surface area (Å²) in [4.78, 5) is 31.8. The van der Waals surface area contributed by atoms with E-state index in [1.54, 1.807) is 0 Å². The minimum absolute atomic E-state index is 0.0249. The molecule has 0 spiro atoms. The average molecular weight is 182 g/mol. The Morgan fingerprint density at radius 1 is 1.62 bits per heavy atom. The lowest BCUT2D eigenvalue weighted by atomic mass is 10.1. The van der Waals surface area contributed by atoms with Crippen molar-refractivity contribution in [1.82, 2.24) is 10.6 Å². The molecule has 2 atom stereocenters. The zero-order chi connectivity index (χ0) is 10.0. The Balaban J connectivity index is 2.56. The highest BCUT2D eigenvalue weighted by molar-refractivity contribution is 6.57. The van der Waals surface area contributed by atoms with Crippen molar-refractivity contribution >= 4 is 25.5 Å². The lowest BCUT2D eigenvalue weighted by molar-refractivity contribution is -0.140. The van der Waals surface area contributed by atoms with E-state index in [-0.39, 0.29) is 6.42 Å². The Hall–Kier alpha value is -1.53. The Labute approximate surface area is 75.1 Å². The number of rotatable bonds is 2. The predicted molar refractivity (Wildman–Crippen MR) is 42.3 cm³/mol. The van der Waals surface area contributed by atoms with E-state index in [0.717, 1.165) is 0 Å². The van der Waals surface area contributed by atoms with E-state index in [1.807, 2.05) is 0 Å². The second-order valence-electron chi connectivity index (χ2n) is 2.70. The van der Waals surface area contributed by atoms with Gasteiger partial charge in [0.25, 0.3) is 0 Å². The van der Waals surface area contributed by atoms with Gasteiger partial charge >= 0.3 is 5.97 Å². The van der Waals surface area contributed by atoms with E-state index in [9.17, 15) is 14.4 Å². The number of aliphatic carboxylic acids is 1. The van der Waals surface area contributed by atoms with Gasteiger partial charge in [-0.1, -0.05) is 0 Å². The molecule has 1 aliphatic heterocycles. The highest BCUT2D eigenvalue weighted by Gasteiger charge is 2.36. The van der Waals surface area contributed by atoms with Gasteiger partial charge in [-0.05, 0) is 0 Å². The maximum atomic E-state index is 11.0. The third-order valence-corrected chi connectivity index (χ3v) is 1.72. The van der Waals surface area contributed by atoms with Crippen molar-refractivity contribution in [3.63, 3.8) is 0 Å². The Bertz CT molecular complexity index is 267. The molecular formula is C6H7BN2O4. The number of hydrogen-bond donors (Lipinski definition) is 3. The van der Waals surface area contributed by atoms with Crippen molar-refractivity contribution in [2.75, 3.05) is 0 Å². The van der Waals surface area contributed by atoms with E-state index in [2.05, 4.69) is 10.6 Å². The van der Waals surface area contributed by atoms with Crippen LogP contribution in [0.4, 0.5) is 4.79 Å². The van der Waals surface area contributed by atoms with E-state index < -0.39 is 29.8 Å². The molecule has 2 radical (unpaired) electrons. The molecule has 6 nitrogen and oxygen atoms in total. The summed E-state index contributed by atoms with van der Waals surface area (Å²) in [6.07, 6.45) is 0.0249. The van der Waals surface area contributed by atoms with Crippen LogP contribution in [0.2, 0.25) is 0 Å². The van der Waals surface area contributed by atoms with Crippen LogP contribution in [0.3, 0.4) is 0 Å². The third-order valence-electron chi connectivity index (χ3n) is 1.72. The lowest BCUT2D eigenvalue weighted by Gasteiger charge is -2.06. The second kappa shape index (κ2) is 3.46. The summed E-state index contributed by atoms with van der Waals surface area (Å²) < 4.78 is 0. The van der Waals surface area contributed by atoms with Crippen LogP contribution in [0.15, 0.2) is 0 Å². The van der Waals surface area contributed by atoms with Gasteiger partial charge in [-0.15, -0.1) is 0 Å². The molecule has 1 saturated heterocycles. The molecule has 0 aromatic carbocycles. The molecule has 68 valence electrons. The van der Waals surface area contributed by atoms with Crippen LogP contribution in [-0.2, 0) is 9.59 Å². The molecule has 7 heteroatoms. The van der Waals surface area contributed by atoms with Crippen LogP contribution >= 0.6 is 0 Å². The number of carboxylic acid groups (broad SMARTS) is 1. The van der Waals surface area contributed by atoms with Gasteiger partial charge in [0.15, 0.2) is 5.81 Å². The van der Waals surface area contributed by atoms with Gasteiger partial charge in [-0.2, -0.15) is 0 Å². The number of carbonyl (C=O) groups excluding carboxylic acids is 2. The van der Waals surface area contributed by atoms with E-state index in [4.69, 9.17) is 13.0 Å². The summed E-state index contributed by atoms with van der Waals surface area (Å²) in [5.74, 6) is -2.49. The fourth-order valence-corrected chi connectivity index (χ4v) is 1.13. The molecule has 0 aromatic rings. The molecular weight excluding hydrogens is 175 g/mol. The Kier molecular flexibility index (Phi) is 2.55. The van der Waals surface area contributed by atoms with Crippen molar-refractivity contribution in [3.8, 4) is 0 Å². The fraction of sp³-hybridized carbons (Fsp3) is 0.500. The number of hydrogen-bond acceptors (Lipinski definition) is 3. The minimum Gasteiger partial charge on any atom is -0.480 e. The maximum absolute atomic E-state index is 11.0. The summed E-state index contributed by atoms with van der Waals surface area (Å²) >= 11 is 0. The number of amides is 2. The molecule has 0 aliphatic carbocycles. The predicted octanol–water partition coefficient (Wildman–Crippen LogP) is -1.79. The van der Waals surface area contributed by atoms with Crippen LogP contribution in [-0.4, -0.2) is 42.7 Å². The van der Waals surface area contributed by atoms with Gasteiger partial charge in [0.2, 0.25) is 13.8 Å². The molecule has 3 N–H and O–H groups in total. The highest BCUT2D eigenvalue weighted by atomic mass is 16.4. The van der Waals surface area contributed by atoms with Gasteiger partial charge in [-0.3, -0.25) is 9.59 Å². The second-order valence-corrected chi connectivity index (χ2v) is 2.70. The monoisotopic (exact) mass is 182 g/mol. The van der Waals surface area contributed by atoms with Crippen molar-refractivity contribution in [1.29, 1.82) is 0 Å². The van der Waals surface area contributed by atoms with E-state index >= 15 is 0 Å². The van der Waals surface area contributed by atoms with E-state index in [1.165, 1.54) is 0 Å². The molecule has 1 aliphatic rings. The third kappa shape index (κ3) is 2.20. The first-order valence-electron chi connectivity index (χ1n) is 3.60. The van der Waals surface area contributed by atoms with Gasteiger partial charge < -0.3 is 15.7 Å². The molecule has 0 unspecified atom stereocenters. The molecule has 0 aromatic heterocycles. The van der Waals surface area contributed by atoms with Crippen molar-refractivity contribution < 1.29 is 19.5 Å². The van der Waals surface area contributed by atoms with Gasteiger partial charge in [-0.25, -0.2) is 4.79 Å². The molecule has 1 rings (SSSR count). The van der Waals surface area contributed by atoms with Crippen LogP contribution in [0.5, 0.6) is 0 Å². The zero-order valence-electron chi connectivity index (χ0n) is 6.61. The summed E-state index contributed by atoms with van der Waals surface area (Å²) in [6.45, 7) is 0. The first-order chi connectivity index (χ1) is 6.00. The normalized spacial score (nSPS) is 26.6. The first-order valence-corrected chi connectivity index (χ1v) is 3.60. The lowest BCUT2D eigenvalue weighted by Crippen LogP contribution is -2.39. The standard InChI is InChI=1S/C6H7BN2O4/c7-6(13)9-2-1-3(5(11)12)8-4(2)10/h2-3H,1H2,(H,8,10)(H,9,13)(H,11,12)/t2-,3+/m1/s1. The molecule has 2 amide bonds. The van der Waals surface area contributed by atoms with Gasteiger partial charge in [0, 0.05) is 6.42 Å². The Morgan fingerprint density at radius 3 is 2.62 bits per heavy atom. The molecule has 0 bridgehead atoms. The minimum atomic E-state index is -1.12. The molecule has 1 fully saturated rings. The summed E-state index contributed by atoms with van der Waals surface area (Å²) in [5, 5.41) is 12.9. The quantitative estimate of drug-likeness (QED) is 0.439. The van der Waals surface area contributed by atoms with Crippen molar-refractivity contribution in [2.45, 2.75) is 18.5 Å². The van der Waals surface area contributed by atoms with Crippen LogP contribution < -0.4 is 10.6 Å². The fourth-order valence-electron chi connectivity index (χ4n) is 1.13. The molecule has 1 heterocycles. The van der Waals surface area contributed by atoms with Gasteiger partial charge in [0.1, 0.15) is 12.1 Å². The van der Waals surface area contributed by atoms with Crippen LogP contribution in [0, 0.1) is 0 Å². The largest absolute Gasteiger partial charge is 0.480 e. The van der Waals surface area contributed by atoms with Crippen LogP contribution in [0.25, 0.3) is 0 Å². The van der Waals surface area contributed by atoms with Crippen LogP contribution in [0.1, 0.15) is 6.42 Å². The molecule has 0 saturated carbocycles. The summed E-state index contributed by atoms with van der Waals surface area (Å²) in [5.41, 5.74) is 0. The number of nitrogens with one attached hydrogen (secondary N) is 2. The number of carboxylic acids is 1. The maximum Gasteiger partial charge on any atom is 0.326 e. The first kappa shape index (κ1) is 9.56. The highest BCUT2D eigenvalue weighted by Crippen LogP contribution is 2.07. The number of carbonyl (C=O) groups is 3. The summed E-state index contributed by atoms with van der Waals surface area (Å²) in [6, 6.07) is -1.78. The summed E-state index contributed by atoms with van der Waals surface area (Å²) in [7, 11) is 4.78. The van der Waals surface area contributed by atoms with Crippen molar-refractivity contribution in [2.24, 2.45) is 0 Å². The average Bonchev–Trinajstić information content (AvgIpc) is 2.31. The molecule has 13 heavy (non-hydrogen) atoms. The Morgan fingerprint density at radius 2 is 2.23 bits per heavy atom. The SMILES string of the molecule is [B]C(=O)N[C@@H]1C[C@@H](C(=O)O)NC1=O. The smallest absolute Gasteiger partial charge is 0.326 e. The topological polar surface area (TPSA) is 95.5 Å². The van der Waals surface area contributed by atoms with E-state index in [0.29, 0.717) is 0 Å². The zero-order valence-corrected chi connectivity index (χ0v) is 6.61. The van der Waals surface area contributed by atoms with Crippen molar-refractivity contribution in [3.05, 3.63) is 0 Å².